The average molecular weight is 324 g/mol. The average Bonchev–Trinajstić information content (AvgIpc) is 2.44. The van der Waals surface area contributed by atoms with E-state index in [2.05, 4.69) is 5.32 Å². The minimum Gasteiger partial charge on any atom is -0.508 e. The summed E-state index contributed by atoms with van der Waals surface area (Å²) in [5.41, 5.74) is 0.101. The molecule has 23 heavy (non-hydrogen) atoms. The van der Waals surface area contributed by atoms with Gasteiger partial charge in [0.15, 0.2) is 0 Å². The Hall–Kier alpha value is -1.95. The second-order valence-electron chi connectivity index (χ2n) is 6.48. The van der Waals surface area contributed by atoms with Gasteiger partial charge in [0.25, 0.3) is 0 Å². The van der Waals surface area contributed by atoms with Gasteiger partial charge in [0.1, 0.15) is 17.1 Å². The number of carbonyl (C=O) groups is 1. The monoisotopic (exact) mass is 324 g/mol. The maximum absolute atomic E-state index is 12.0. The van der Waals surface area contributed by atoms with Crippen LogP contribution < -0.4 is 5.32 Å². The molecule has 0 fully saturated rings. The van der Waals surface area contributed by atoms with Crippen LogP contribution in [0.25, 0.3) is 0 Å². The Bertz CT molecular complexity index is 526. The van der Waals surface area contributed by atoms with Crippen molar-refractivity contribution in [2.75, 3.05) is 19.6 Å². The van der Waals surface area contributed by atoms with Crippen molar-refractivity contribution in [3.05, 3.63) is 23.8 Å². The van der Waals surface area contributed by atoms with Crippen molar-refractivity contribution < 1.29 is 19.7 Å². The molecule has 0 aliphatic heterocycles. The van der Waals surface area contributed by atoms with Gasteiger partial charge in [-0.3, -0.25) is 0 Å². The van der Waals surface area contributed by atoms with Crippen LogP contribution in [0, 0.1) is 0 Å². The molecular formula is C17H28N2O4. The number of ether oxygens (including phenoxy) is 1. The SMILES string of the molecule is CCN(CCNC(C)c1cc(O)ccc1O)C(=O)OC(C)(C)C. The number of phenolic OH excluding ortho intramolecular Hbond substituents is 2. The first kappa shape index (κ1) is 19.1. The van der Waals surface area contributed by atoms with Crippen molar-refractivity contribution in [1.29, 1.82) is 0 Å². The number of hydrogen-bond donors (Lipinski definition) is 3. The quantitative estimate of drug-likeness (QED) is 0.701. The topological polar surface area (TPSA) is 82.0 Å². The first-order chi connectivity index (χ1) is 10.6. The van der Waals surface area contributed by atoms with E-state index in [4.69, 9.17) is 4.74 Å². The Morgan fingerprint density at radius 2 is 2.00 bits per heavy atom. The fraction of sp³-hybridized carbons (Fsp3) is 0.588. The number of nitrogens with zero attached hydrogens (tertiary/aromatic N) is 1. The van der Waals surface area contributed by atoms with Gasteiger partial charge in [-0.15, -0.1) is 0 Å². The Kier molecular flexibility index (Phi) is 6.69. The molecule has 0 aliphatic carbocycles. The lowest BCUT2D eigenvalue weighted by Crippen LogP contribution is -2.40. The number of aromatic hydroxyl groups is 2. The molecule has 6 heteroatoms. The zero-order chi connectivity index (χ0) is 17.6. The van der Waals surface area contributed by atoms with E-state index in [0.717, 1.165) is 0 Å². The third-order valence-electron chi connectivity index (χ3n) is 3.34. The van der Waals surface area contributed by atoms with E-state index in [-0.39, 0.29) is 23.6 Å². The second-order valence-corrected chi connectivity index (χ2v) is 6.48. The standard InChI is InChI=1S/C17H28N2O4/c1-6-19(16(22)23-17(3,4)5)10-9-18-12(2)14-11-13(20)7-8-15(14)21/h7-8,11-12,18,20-21H,6,9-10H2,1-5H3. The molecule has 6 nitrogen and oxygen atoms in total. The summed E-state index contributed by atoms with van der Waals surface area (Å²) in [6.45, 7) is 10.9. The molecule has 0 saturated heterocycles. The van der Waals surface area contributed by atoms with E-state index in [0.29, 0.717) is 25.2 Å². The molecule has 1 aromatic rings. The highest BCUT2D eigenvalue weighted by Gasteiger charge is 2.21. The molecule has 0 radical (unpaired) electrons. The summed E-state index contributed by atoms with van der Waals surface area (Å²) in [7, 11) is 0. The van der Waals surface area contributed by atoms with Crippen molar-refractivity contribution in [3.63, 3.8) is 0 Å². The highest BCUT2D eigenvalue weighted by Crippen LogP contribution is 2.27. The third kappa shape index (κ3) is 6.36. The summed E-state index contributed by atoms with van der Waals surface area (Å²) < 4.78 is 5.35. The van der Waals surface area contributed by atoms with Crippen molar-refractivity contribution in [2.24, 2.45) is 0 Å². The molecule has 1 aromatic carbocycles. The predicted molar refractivity (Wildman–Crippen MR) is 89.7 cm³/mol. The molecular weight excluding hydrogens is 296 g/mol. The first-order valence-corrected chi connectivity index (χ1v) is 7.87. The summed E-state index contributed by atoms with van der Waals surface area (Å²) >= 11 is 0. The maximum atomic E-state index is 12.0. The van der Waals surface area contributed by atoms with E-state index >= 15 is 0 Å². The van der Waals surface area contributed by atoms with Crippen LogP contribution >= 0.6 is 0 Å². The lowest BCUT2D eigenvalue weighted by molar-refractivity contribution is 0.0261. The number of benzene rings is 1. The zero-order valence-corrected chi connectivity index (χ0v) is 14.6. The van der Waals surface area contributed by atoms with Crippen LogP contribution in [0.2, 0.25) is 0 Å². The maximum Gasteiger partial charge on any atom is 0.410 e. The van der Waals surface area contributed by atoms with Gasteiger partial charge >= 0.3 is 6.09 Å². The van der Waals surface area contributed by atoms with Crippen molar-refractivity contribution in [1.82, 2.24) is 10.2 Å². The highest BCUT2D eigenvalue weighted by atomic mass is 16.6. The molecule has 0 bridgehead atoms. The fourth-order valence-electron chi connectivity index (χ4n) is 2.12. The molecule has 3 N–H and O–H groups in total. The number of amides is 1. The predicted octanol–water partition coefficient (Wildman–Crippen LogP) is 3.01. The summed E-state index contributed by atoms with van der Waals surface area (Å²) in [5.74, 6) is 0.234. The molecule has 0 heterocycles. The first-order valence-electron chi connectivity index (χ1n) is 7.87. The third-order valence-corrected chi connectivity index (χ3v) is 3.34. The van der Waals surface area contributed by atoms with Crippen LogP contribution in [0.15, 0.2) is 18.2 Å². The molecule has 1 unspecified atom stereocenters. The summed E-state index contributed by atoms with van der Waals surface area (Å²) in [6.07, 6.45) is -0.338. The van der Waals surface area contributed by atoms with Gasteiger partial charge in [-0.05, 0) is 52.8 Å². The van der Waals surface area contributed by atoms with Gasteiger partial charge < -0.3 is 25.2 Å². The van der Waals surface area contributed by atoms with E-state index < -0.39 is 5.60 Å². The molecule has 0 aliphatic rings. The van der Waals surface area contributed by atoms with Crippen LogP contribution in [-0.4, -0.2) is 46.4 Å². The van der Waals surface area contributed by atoms with Gasteiger partial charge in [-0.2, -0.15) is 0 Å². The molecule has 0 spiro atoms. The number of rotatable bonds is 6. The van der Waals surface area contributed by atoms with Gasteiger partial charge in [-0.25, -0.2) is 4.79 Å². The van der Waals surface area contributed by atoms with Gasteiger partial charge in [0, 0.05) is 31.2 Å². The minimum atomic E-state index is -0.515. The van der Waals surface area contributed by atoms with E-state index in [1.807, 2.05) is 34.6 Å². The Morgan fingerprint density at radius 3 is 2.57 bits per heavy atom. The van der Waals surface area contributed by atoms with E-state index in [1.165, 1.54) is 18.2 Å². The van der Waals surface area contributed by atoms with Crippen LogP contribution in [-0.2, 0) is 4.74 Å². The number of nitrogens with one attached hydrogen (secondary N) is 1. The fourth-order valence-corrected chi connectivity index (χ4v) is 2.12. The molecule has 130 valence electrons. The van der Waals surface area contributed by atoms with Crippen LogP contribution in [0.4, 0.5) is 4.79 Å². The van der Waals surface area contributed by atoms with Crippen molar-refractivity contribution >= 4 is 6.09 Å². The molecule has 1 rings (SSSR count). The van der Waals surface area contributed by atoms with Gasteiger partial charge in [0.05, 0.1) is 0 Å². The van der Waals surface area contributed by atoms with Crippen LogP contribution in [0.5, 0.6) is 11.5 Å². The van der Waals surface area contributed by atoms with E-state index in [1.54, 1.807) is 4.90 Å². The van der Waals surface area contributed by atoms with Crippen molar-refractivity contribution in [2.45, 2.75) is 46.3 Å². The lowest BCUT2D eigenvalue weighted by atomic mass is 10.1. The second kappa shape index (κ2) is 8.06. The molecule has 1 amide bonds. The summed E-state index contributed by atoms with van der Waals surface area (Å²) in [4.78, 5) is 13.7. The van der Waals surface area contributed by atoms with Crippen LogP contribution in [0.1, 0.15) is 46.2 Å². The molecule has 0 aromatic heterocycles. The van der Waals surface area contributed by atoms with Crippen LogP contribution in [0.3, 0.4) is 0 Å². The van der Waals surface area contributed by atoms with Gasteiger partial charge in [-0.1, -0.05) is 0 Å². The van der Waals surface area contributed by atoms with E-state index in [9.17, 15) is 15.0 Å². The number of carbonyl (C=O) groups excluding carboxylic acids is 1. The number of hydrogen-bond acceptors (Lipinski definition) is 5. The smallest absolute Gasteiger partial charge is 0.410 e. The summed E-state index contributed by atoms with van der Waals surface area (Å²) in [6, 6.07) is 4.27. The Labute approximate surface area is 138 Å². The Morgan fingerprint density at radius 1 is 1.35 bits per heavy atom. The molecule has 0 saturated carbocycles. The Balaban J connectivity index is 2.54. The largest absolute Gasteiger partial charge is 0.508 e. The minimum absolute atomic E-state index is 0.107. The van der Waals surface area contributed by atoms with Crippen molar-refractivity contribution in [3.8, 4) is 11.5 Å². The molecule has 1 atom stereocenters. The normalized spacial score (nSPS) is 12.7. The van der Waals surface area contributed by atoms with Gasteiger partial charge in [0.2, 0.25) is 0 Å². The lowest BCUT2D eigenvalue weighted by Gasteiger charge is -2.27. The number of phenols is 2. The zero-order valence-electron chi connectivity index (χ0n) is 14.6. The summed E-state index contributed by atoms with van der Waals surface area (Å²) in [5, 5.41) is 22.6. The highest BCUT2D eigenvalue weighted by molar-refractivity contribution is 5.68. The number of likely N-dealkylation sites (N-methyl/N-ethyl adjacent to an activating group) is 1.